The summed E-state index contributed by atoms with van der Waals surface area (Å²) in [6.45, 7) is 1.72. The van der Waals surface area contributed by atoms with Crippen molar-refractivity contribution in [3.63, 3.8) is 0 Å². The first-order valence-electron chi connectivity index (χ1n) is 4.50. The molecule has 3 rings (SSSR count). The van der Waals surface area contributed by atoms with Crippen LogP contribution in [0.15, 0.2) is 12.2 Å². The number of carbonyl (C=O) groups is 2. The van der Waals surface area contributed by atoms with E-state index in [0.29, 0.717) is 6.42 Å². The second-order valence-electron chi connectivity index (χ2n) is 3.98. The fraction of sp³-hybridized carbons (Fsp3) is 0.600. The van der Waals surface area contributed by atoms with Gasteiger partial charge in [-0.3, -0.25) is 0 Å². The molecule has 76 valence electrons. The number of rotatable bonds is 2. The molecule has 4 nitrogen and oxygen atoms in total. The lowest BCUT2D eigenvalue weighted by Gasteiger charge is -2.48. The highest BCUT2D eigenvalue weighted by atomic mass is 16.6. The van der Waals surface area contributed by atoms with Crippen LogP contribution in [0.25, 0.3) is 0 Å². The Hall–Kier alpha value is -1.16. The van der Waals surface area contributed by atoms with E-state index < -0.39 is 17.0 Å². The van der Waals surface area contributed by atoms with Crippen LogP contribution >= 0.6 is 0 Å². The lowest BCUT2D eigenvalue weighted by Crippen LogP contribution is -2.62. The van der Waals surface area contributed by atoms with E-state index in [1.54, 1.807) is 19.1 Å². The monoisotopic (exact) mass is 196 g/mol. The Bertz CT molecular complexity index is 322. The average Bonchev–Trinajstić information content (AvgIpc) is 2.18. The van der Waals surface area contributed by atoms with Gasteiger partial charge in [-0.15, -0.1) is 0 Å². The van der Waals surface area contributed by atoms with E-state index >= 15 is 0 Å². The van der Waals surface area contributed by atoms with Crippen LogP contribution in [0.1, 0.15) is 13.3 Å². The van der Waals surface area contributed by atoms with Crippen molar-refractivity contribution in [1.82, 2.24) is 0 Å². The zero-order valence-corrected chi connectivity index (χ0v) is 8.15. The summed E-state index contributed by atoms with van der Waals surface area (Å²) in [6.07, 6.45) is 4.41. The molecule has 0 amide bonds. The van der Waals surface area contributed by atoms with Crippen LogP contribution in [0.4, 0.5) is 0 Å². The van der Waals surface area contributed by atoms with Crippen molar-refractivity contribution in [2.45, 2.75) is 25.0 Å². The fourth-order valence-corrected chi connectivity index (χ4v) is 2.20. The first-order chi connectivity index (χ1) is 6.58. The van der Waals surface area contributed by atoms with Crippen LogP contribution in [0, 0.1) is 5.41 Å². The number of carbonyl (C=O) groups excluding carboxylic acids is 2. The lowest BCUT2D eigenvalue weighted by molar-refractivity contribution is -0.201. The summed E-state index contributed by atoms with van der Waals surface area (Å²) < 4.78 is 10.3. The summed E-state index contributed by atoms with van der Waals surface area (Å²) in [5.41, 5.74) is -2.03. The van der Waals surface area contributed by atoms with E-state index in [1.807, 2.05) is 0 Å². The highest BCUT2D eigenvalue weighted by molar-refractivity contribution is 5.90. The first kappa shape index (κ1) is 9.40. The quantitative estimate of drug-likeness (QED) is 0.366. The van der Waals surface area contributed by atoms with Crippen molar-refractivity contribution in [3.8, 4) is 0 Å². The molecule has 0 saturated carbocycles. The molecule has 0 aromatic carbocycles. The van der Waals surface area contributed by atoms with Gasteiger partial charge in [-0.25, -0.2) is 4.79 Å². The standard InChI is InChI=1S/C10H12O4/c1-9(6-11)5-7-3-4-10(9,13-2)8(12)14-7/h3-4,6-7H,5H2,1-2H3/t7-,9-,10+/m1/s1. The Kier molecular flexibility index (Phi) is 1.79. The molecule has 0 radical (unpaired) electrons. The number of esters is 1. The van der Waals surface area contributed by atoms with Crippen LogP contribution in [0.5, 0.6) is 0 Å². The van der Waals surface area contributed by atoms with Gasteiger partial charge in [-0.2, -0.15) is 0 Å². The second-order valence-corrected chi connectivity index (χ2v) is 3.98. The topological polar surface area (TPSA) is 52.6 Å². The van der Waals surface area contributed by atoms with E-state index in [2.05, 4.69) is 0 Å². The largest absolute Gasteiger partial charge is 0.456 e. The Labute approximate surface area is 81.9 Å². The maximum Gasteiger partial charge on any atom is 0.344 e. The summed E-state index contributed by atoms with van der Waals surface area (Å²) in [7, 11) is 1.42. The average molecular weight is 196 g/mol. The van der Waals surface area contributed by atoms with Gasteiger partial charge in [0, 0.05) is 13.5 Å². The smallest absolute Gasteiger partial charge is 0.344 e. The van der Waals surface area contributed by atoms with Crippen molar-refractivity contribution in [3.05, 3.63) is 12.2 Å². The first-order valence-corrected chi connectivity index (χ1v) is 4.50. The summed E-state index contributed by atoms with van der Waals surface area (Å²) in [4.78, 5) is 22.7. The Morgan fingerprint density at radius 3 is 2.86 bits per heavy atom. The number of fused-ring (bicyclic) bond motifs is 2. The molecule has 0 spiro atoms. The van der Waals surface area contributed by atoms with Crippen LogP contribution in [0.2, 0.25) is 0 Å². The van der Waals surface area contributed by atoms with Crippen molar-refractivity contribution >= 4 is 12.3 Å². The third kappa shape index (κ3) is 0.865. The molecule has 0 aromatic heterocycles. The number of ether oxygens (including phenoxy) is 2. The van der Waals surface area contributed by atoms with Gasteiger partial charge in [0.05, 0.1) is 5.41 Å². The van der Waals surface area contributed by atoms with Crippen molar-refractivity contribution in [1.29, 1.82) is 0 Å². The predicted molar refractivity (Wildman–Crippen MR) is 47.5 cm³/mol. The highest BCUT2D eigenvalue weighted by Gasteiger charge is 2.61. The van der Waals surface area contributed by atoms with Gasteiger partial charge in [0.15, 0.2) is 5.60 Å². The third-order valence-electron chi connectivity index (χ3n) is 3.16. The van der Waals surface area contributed by atoms with Crippen molar-refractivity contribution in [2.24, 2.45) is 5.41 Å². The molecule has 0 unspecified atom stereocenters. The van der Waals surface area contributed by atoms with Crippen LogP contribution < -0.4 is 0 Å². The second kappa shape index (κ2) is 2.67. The van der Waals surface area contributed by atoms with E-state index in [-0.39, 0.29) is 6.10 Å². The number of hydrogen-bond acceptors (Lipinski definition) is 4. The van der Waals surface area contributed by atoms with Gasteiger partial charge in [0.2, 0.25) is 0 Å². The highest BCUT2D eigenvalue weighted by Crippen LogP contribution is 2.47. The van der Waals surface area contributed by atoms with Crippen molar-refractivity contribution < 1.29 is 19.1 Å². The molecule has 14 heavy (non-hydrogen) atoms. The molecule has 0 aromatic rings. The lowest BCUT2D eigenvalue weighted by atomic mass is 9.65. The Balaban J connectivity index is 2.55. The van der Waals surface area contributed by atoms with Gasteiger partial charge in [-0.05, 0) is 19.1 Å². The van der Waals surface area contributed by atoms with Gasteiger partial charge in [0.25, 0.3) is 0 Å². The fourth-order valence-electron chi connectivity index (χ4n) is 2.20. The minimum absolute atomic E-state index is 0.283. The van der Waals surface area contributed by atoms with Crippen LogP contribution in [0.3, 0.4) is 0 Å². The molecule has 2 aliphatic heterocycles. The van der Waals surface area contributed by atoms with Crippen LogP contribution in [-0.4, -0.2) is 31.1 Å². The molecule has 1 aliphatic carbocycles. The number of hydrogen-bond donors (Lipinski definition) is 0. The third-order valence-corrected chi connectivity index (χ3v) is 3.16. The molecular weight excluding hydrogens is 184 g/mol. The van der Waals surface area contributed by atoms with Gasteiger partial charge < -0.3 is 14.3 Å². The molecule has 2 bridgehead atoms. The van der Waals surface area contributed by atoms with Crippen LogP contribution in [-0.2, 0) is 19.1 Å². The Morgan fingerprint density at radius 2 is 2.43 bits per heavy atom. The summed E-state index contributed by atoms with van der Waals surface area (Å²) in [5, 5.41) is 0. The van der Waals surface area contributed by atoms with Gasteiger partial charge in [-0.1, -0.05) is 0 Å². The maximum absolute atomic E-state index is 11.6. The molecular formula is C10H12O4. The van der Waals surface area contributed by atoms with Gasteiger partial charge in [0.1, 0.15) is 12.4 Å². The predicted octanol–water partition coefficient (Wildman–Crippen LogP) is 0.462. The zero-order valence-electron chi connectivity index (χ0n) is 8.15. The van der Waals surface area contributed by atoms with E-state index in [9.17, 15) is 9.59 Å². The summed E-state index contributed by atoms with van der Waals surface area (Å²) in [5.74, 6) is -0.464. The molecule has 1 fully saturated rings. The number of methoxy groups -OCH3 is 1. The zero-order chi connectivity index (χ0) is 10.4. The molecule has 4 heteroatoms. The summed E-state index contributed by atoms with van der Waals surface area (Å²) >= 11 is 0. The minimum Gasteiger partial charge on any atom is -0.456 e. The molecule has 1 saturated heterocycles. The van der Waals surface area contributed by atoms with Gasteiger partial charge >= 0.3 is 5.97 Å². The molecule has 3 atom stereocenters. The van der Waals surface area contributed by atoms with E-state index in [0.717, 1.165) is 6.29 Å². The van der Waals surface area contributed by atoms with E-state index in [4.69, 9.17) is 9.47 Å². The maximum atomic E-state index is 11.6. The van der Waals surface area contributed by atoms with E-state index in [1.165, 1.54) is 7.11 Å². The summed E-state index contributed by atoms with van der Waals surface area (Å²) in [6, 6.07) is 0. The number of aldehydes is 1. The SMILES string of the molecule is CO[C@]12C=C[C@H](C[C@]1(C)C=O)OC2=O. The molecule has 3 aliphatic rings. The minimum atomic E-state index is -1.22. The van der Waals surface area contributed by atoms with Crippen molar-refractivity contribution in [2.75, 3.05) is 7.11 Å². The molecule has 0 N–H and O–H groups in total. The normalized spacial score (nSPS) is 45.0. The Morgan fingerprint density at radius 1 is 1.71 bits per heavy atom. The molecule has 2 heterocycles.